The molecule has 0 fully saturated rings. The van der Waals surface area contributed by atoms with E-state index in [0.717, 1.165) is 12.8 Å². The molecule has 86 valence electrons. The lowest BCUT2D eigenvalue weighted by Crippen LogP contribution is -2.31. The van der Waals surface area contributed by atoms with Gasteiger partial charge in [-0.1, -0.05) is 27.2 Å². The van der Waals surface area contributed by atoms with Crippen molar-refractivity contribution in [3.8, 4) is 0 Å². The second-order valence-corrected chi connectivity index (χ2v) is 2.38. The number of carbonyl (C=O) groups excluding carboxylic acids is 2. The number of ketones is 1. The number of rotatable bonds is 4. The Balaban J connectivity index is -0.000000205. The van der Waals surface area contributed by atoms with Gasteiger partial charge in [0.15, 0.2) is 0 Å². The molecule has 0 aromatic rings. The van der Waals surface area contributed by atoms with Crippen LogP contribution in [0.4, 0.5) is 0 Å². The molecule has 0 radical (unpaired) electrons. The molecule has 0 aromatic carbocycles. The predicted octanol–water partition coefficient (Wildman–Crippen LogP) is 1.09. The highest BCUT2D eigenvalue weighted by atomic mass is 16.1. The topological polar surface area (TPSA) is 72.2 Å². The van der Waals surface area contributed by atoms with E-state index in [4.69, 9.17) is 4.79 Å². The van der Waals surface area contributed by atoms with E-state index < -0.39 is 0 Å². The van der Waals surface area contributed by atoms with Crippen molar-refractivity contribution in [3.63, 3.8) is 0 Å². The highest BCUT2D eigenvalue weighted by Crippen LogP contribution is 1.95. The quantitative estimate of drug-likeness (QED) is 0.673. The third-order valence-corrected chi connectivity index (χ3v) is 1.42. The summed E-state index contributed by atoms with van der Waals surface area (Å²) in [7, 11) is 1.82. The standard InChI is InChI=1S/C7H15NO.C2H6.CH3NO/c1-4-5-7(8-3)6(2)9;1-2;2-1-3/h7-8H,4-5H2,1-3H3;1-2H3;1H,(H2,2,3). The van der Waals surface area contributed by atoms with Crippen molar-refractivity contribution >= 4 is 12.2 Å². The van der Waals surface area contributed by atoms with Crippen LogP contribution in [0.1, 0.15) is 40.5 Å². The minimum atomic E-state index is 0.0787. The van der Waals surface area contributed by atoms with Gasteiger partial charge in [-0.25, -0.2) is 0 Å². The van der Waals surface area contributed by atoms with E-state index >= 15 is 0 Å². The van der Waals surface area contributed by atoms with E-state index in [1.54, 1.807) is 6.92 Å². The molecule has 0 aliphatic carbocycles. The minimum absolute atomic E-state index is 0.0787. The zero-order valence-corrected chi connectivity index (χ0v) is 9.96. The van der Waals surface area contributed by atoms with Gasteiger partial charge < -0.3 is 11.1 Å². The maximum Gasteiger partial charge on any atom is 0.204 e. The number of Topliss-reactive ketones (excluding diaryl/α,β-unsaturated/α-hetero) is 1. The molecule has 0 saturated carbocycles. The summed E-state index contributed by atoms with van der Waals surface area (Å²) in [6.07, 6.45) is 2.26. The molecular formula is C10H24N2O2. The first-order valence-corrected chi connectivity index (χ1v) is 4.97. The van der Waals surface area contributed by atoms with Gasteiger partial charge in [-0.15, -0.1) is 0 Å². The maximum absolute atomic E-state index is 10.7. The Kier molecular flexibility index (Phi) is 24.2. The maximum atomic E-state index is 10.7. The fourth-order valence-electron chi connectivity index (χ4n) is 0.840. The molecule has 4 nitrogen and oxygen atoms in total. The highest BCUT2D eigenvalue weighted by molar-refractivity contribution is 5.81. The molecule has 0 aliphatic heterocycles. The van der Waals surface area contributed by atoms with Gasteiger partial charge in [-0.2, -0.15) is 0 Å². The van der Waals surface area contributed by atoms with E-state index in [-0.39, 0.29) is 18.2 Å². The second kappa shape index (κ2) is 18.0. The van der Waals surface area contributed by atoms with E-state index in [0.29, 0.717) is 0 Å². The number of amides is 1. The largest absolute Gasteiger partial charge is 0.372 e. The number of nitrogens with two attached hydrogens (primary N) is 1. The third-order valence-electron chi connectivity index (χ3n) is 1.42. The van der Waals surface area contributed by atoms with E-state index in [1.165, 1.54) is 0 Å². The molecular weight excluding hydrogens is 180 g/mol. The van der Waals surface area contributed by atoms with Crippen molar-refractivity contribution in [2.75, 3.05) is 7.05 Å². The minimum Gasteiger partial charge on any atom is -0.372 e. The van der Waals surface area contributed by atoms with Crippen molar-refractivity contribution in [1.82, 2.24) is 5.32 Å². The smallest absolute Gasteiger partial charge is 0.204 e. The fourth-order valence-corrected chi connectivity index (χ4v) is 0.840. The van der Waals surface area contributed by atoms with Gasteiger partial charge in [0.2, 0.25) is 6.41 Å². The van der Waals surface area contributed by atoms with Crippen LogP contribution in [0.5, 0.6) is 0 Å². The summed E-state index contributed by atoms with van der Waals surface area (Å²) < 4.78 is 0. The Morgan fingerprint density at radius 3 is 1.93 bits per heavy atom. The van der Waals surface area contributed by atoms with E-state index in [1.807, 2.05) is 20.9 Å². The van der Waals surface area contributed by atoms with Gasteiger partial charge in [0.1, 0.15) is 5.78 Å². The third kappa shape index (κ3) is 17.3. The van der Waals surface area contributed by atoms with E-state index in [9.17, 15) is 4.79 Å². The van der Waals surface area contributed by atoms with Crippen LogP contribution >= 0.6 is 0 Å². The Labute approximate surface area is 87.2 Å². The average molecular weight is 204 g/mol. The Morgan fingerprint density at radius 1 is 1.50 bits per heavy atom. The second-order valence-electron chi connectivity index (χ2n) is 2.38. The van der Waals surface area contributed by atoms with Crippen molar-refractivity contribution in [1.29, 1.82) is 0 Å². The first-order valence-electron chi connectivity index (χ1n) is 4.97. The zero-order valence-electron chi connectivity index (χ0n) is 9.96. The lowest BCUT2D eigenvalue weighted by atomic mass is 10.1. The highest BCUT2D eigenvalue weighted by Gasteiger charge is 2.07. The van der Waals surface area contributed by atoms with Crippen LogP contribution in [-0.4, -0.2) is 25.3 Å². The predicted molar refractivity (Wildman–Crippen MR) is 60.0 cm³/mol. The first-order chi connectivity index (χ1) is 6.63. The number of hydrogen-bond acceptors (Lipinski definition) is 3. The molecule has 0 aromatic heterocycles. The van der Waals surface area contributed by atoms with Gasteiger partial charge in [0.25, 0.3) is 0 Å². The molecule has 14 heavy (non-hydrogen) atoms. The van der Waals surface area contributed by atoms with Crippen LogP contribution in [0.25, 0.3) is 0 Å². The summed E-state index contributed by atoms with van der Waals surface area (Å²) in [4.78, 5) is 19.3. The summed E-state index contributed by atoms with van der Waals surface area (Å²) in [5, 5.41) is 2.95. The number of primary amides is 1. The summed E-state index contributed by atoms with van der Waals surface area (Å²) in [6.45, 7) is 7.70. The fraction of sp³-hybridized carbons (Fsp3) is 0.800. The Bertz CT molecular complexity index is 127. The summed E-state index contributed by atoms with van der Waals surface area (Å²) in [5.74, 6) is 0.236. The van der Waals surface area contributed by atoms with Gasteiger partial charge >= 0.3 is 0 Å². The van der Waals surface area contributed by atoms with Crippen molar-refractivity contribution in [2.45, 2.75) is 46.6 Å². The Morgan fingerprint density at radius 2 is 1.86 bits per heavy atom. The normalized spacial score (nSPS) is 9.79. The van der Waals surface area contributed by atoms with Crippen LogP contribution in [0.15, 0.2) is 0 Å². The molecule has 1 amide bonds. The molecule has 0 saturated heterocycles. The molecule has 1 atom stereocenters. The zero-order chi connectivity index (χ0) is 12.0. The Hall–Kier alpha value is -0.900. The molecule has 0 bridgehead atoms. The number of carbonyl (C=O) groups is 2. The van der Waals surface area contributed by atoms with Crippen LogP contribution < -0.4 is 11.1 Å². The van der Waals surface area contributed by atoms with Crippen molar-refractivity contribution in [3.05, 3.63) is 0 Å². The molecule has 3 N–H and O–H groups in total. The van der Waals surface area contributed by atoms with Crippen LogP contribution in [-0.2, 0) is 9.59 Å². The lowest BCUT2D eigenvalue weighted by Gasteiger charge is -2.09. The van der Waals surface area contributed by atoms with E-state index in [2.05, 4.69) is 18.0 Å². The molecule has 4 heteroatoms. The average Bonchev–Trinajstić information content (AvgIpc) is 2.18. The van der Waals surface area contributed by atoms with Crippen molar-refractivity contribution in [2.24, 2.45) is 5.73 Å². The van der Waals surface area contributed by atoms with Crippen molar-refractivity contribution < 1.29 is 9.59 Å². The number of hydrogen-bond donors (Lipinski definition) is 2. The number of nitrogens with one attached hydrogen (secondary N) is 1. The summed E-state index contributed by atoms with van der Waals surface area (Å²) in [5.41, 5.74) is 4.17. The number of likely N-dealkylation sites (N-methyl/N-ethyl adjacent to an activating group) is 1. The summed E-state index contributed by atoms with van der Waals surface area (Å²) >= 11 is 0. The van der Waals surface area contributed by atoms with Crippen LogP contribution in [0, 0.1) is 0 Å². The molecule has 0 aliphatic rings. The molecule has 0 rings (SSSR count). The first kappa shape index (κ1) is 18.8. The molecule has 0 heterocycles. The monoisotopic (exact) mass is 204 g/mol. The van der Waals surface area contributed by atoms with Crippen LogP contribution in [0.3, 0.4) is 0 Å². The van der Waals surface area contributed by atoms with Gasteiger partial charge in [-0.3, -0.25) is 9.59 Å². The van der Waals surface area contributed by atoms with Gasteiger partial charge in [0.05, 0.1) is 6.04 Å². The molecule has 1 unspecified atom stereocenters. The SMILES string of the molecule is CC.CCCC(NC)C(C)=O.NC=O. The summed E-state index contributed by atoms with van der Waals surface area (Å²) in [6, 6.07) is 0.0787. The van der Waals surface area contributed by atoms with Crippen LogP contribution in [0.2, 0.25) is 0 Å². The van der Waals surface area contributed by atoms with Gasteiger partial charge in [-0.05, 0) is 20.4 Å². The molecule has 0 spiro atoms. The van der Waals surface area contributed by atoms with Gasteiger partial charge in [0, 0.05) is 0 Å². The lowest BCUT2D eigenvalue weighted by molar-refractivity contribution is -0.119.